The maximum Gasteiger partial charge on any atom is 0.317 e. The monoisotopic (exact) mass is 297 g/mol. The van der Waals surface area contributed by atoms with E-state index in [2.05, 4.69) is 10.3 Å². The van der Waals surface area contributed by atoms with Gasteiger partial charge in [0.1, 0.15) is 0 Å². The summed E-state index contributed by atoms with van der Waals surface area (Å²) >= 11 is 1.58. The number of hydrogen-bond donors (Lipinski definition) is 2. The SMILES string of the molecule is Cc1csc(CCNC(=O)N2CCC(C(=O)O)C2C)n1. The van der Waals surface area contributed by atoms with Crippen LogP contribution in [-0.2, 0) is 11.2 Å². The van der Waals surface area contributed by atoms with Crippen LogP contribution < -0.4 is 5.32 Å². The Bertz CT molecular complexity index is 503. The number of nitrogens with zero attached hydrogens (tertiary/aromatic N) is 2. The number of aliphatic carboxylic acids is 1. The van der Waals surface area contributed by atoms with Crippen molar-refractivity contribution in [2.75, 3.05) is 13.1 Å². The molecule has 0 aromatic carbocycles. The standard InChI is InChI=1S/C13H19N3O3S/c1-8-7-20-11(15-8)3-5-14-13(19)16-6-4-10(9(16)2)12(17)18/h7,9-10H,3-6H2,1-2H3,(H,14,19)(H,17,18). The Kier molecular flexibility index (Phi) is 4.59. The molecule has 0 bridgehead atoms. The summed E-state index contributed by atoms with van der Waals surface area (Å²) in [6.45, 7) is 4.75. The zero-order valence-electron chi connectivity index (χ0n) is 11.6. The molecule has 2 unspecified atom stereocenters. The van der Waals surface area contributed by atoms with Gasteiger partial charge in [-0.05, 0) is 20.3 Å². The van der Waals surface area contributed by atoms with Crippen LogP contribution >= 0.6 is 11.3 Å². The van der Waals surface area contributed by atoms with Crippen molar-refractivity contribution in [1.29, 1.82) is 0 Å². The summed E-state index contributed by atoms with van der Waals surface area (Å²) in [6, 6.07) is -0.441. The van der Waals surface area contributed by atoms with Crippen molar-refractivity contribution in [3.05, 3.63) is 16.1 Å². The highest BCUT2D eigenvalue weighted by atomic mass is 32.1. The van der Waals surface area contributed by atoms with Gasteiger partial charge in [-0.2, -0.15) is 0 Å². The van der Waals surface area contributed by atoms with Gasteiger partial charge in [-0.25, -0.2) is 9.78 Å². The number of urea groups is 1. The topological polar surface area (TPSA) is 82.5 Å². The smallest absolute Gasteiger partial charge is 0.317 e. The molecule has 0 radical (unpaired) electrons. The molecule has 2 rings (SSSR count). The molecule has 1 aromatic heterocycles. The van der Waals surface area contributed by atoms with Gasteiger partial charge in [-0.1, -0.05) is 0 Å². The molecular formula is C13H19N3O3S. The number of amides is 2. The van der Waals surface area contributed by atoms with E-state index in [1.807, 2.05) is 12.3 Å². The molecule has 2 heterocycles. The number of nitrogens with one attached hydrogen (secondary N) is 1. The highest BCUT2D eigenvalue weighted by Crippen LogP contribution is 2.24. The molecule has 2 N–H and O–H groups in total. The van der Waals surface area contributed by atoms with Gasteiger partial charge < -0.3 is 15.3 Å². The third-order valence-electron chi connectivity index (χ3n) is 3.61. The third-order valence-corrected chi connectivity index (χ3v) is 4.64. The number of carbonyl (C=O) groups excluding carboxylic acids is 1. The molecule has 2 atom stereocenters. The number of carboxylic acids is 1. The lowest BCUT2D eigenvalue weighted by molar-refractivity contribution is -0.142. The van der Waals surface area contributed by atoms with Crippen LogP contribution in [-0.4, -0.2) is 46.1 Å². The number of rotatable bonds is 4. The van der Waals surface area contributed by atoms with E-state index in [0.29, 0.717) is 25.9 Å². The van der Waals surface area contributed by atoms with Crippen molar-refractivity contribution < 1.29 is 14.7 Å². The van der Waals surface area contributed by atoms with Crippen molar-refractivity contribution in [3.63, 3.8) is 0 Å². The summed E-state index contributed by atoms with van der Waals surface area (Å²) in [5.41, 5.74) is 0.994. The summed E-state index contributed by atoms with van der Waals surface area (Å²) in [7, 11) is 0. The Morgan fingerprint density at radius 1 is 1.60 bits per heavy atom. The van der Waals surface area contributed by atoms with Crippen LogP contribution in [0.15, 0.2) is 5.38 Å². The summed E-state index contributed by atoms with van der Waals surface area (Å²) < 4.78 is 0. The van der Waals surface area contributed by atoms with E-state index in [9.17, 15) is 9.59 Å². The van der Waals surface area contributed by atoms with Crippen LogP contribution in [0.4, 0.5) is 4.79 Å². The normalized spacial score (nSPS) is 22.0. The van der Waals surface area contributed by atoms with Crippen molar-refractivity contribution in [3.8, 4) is 0 Å². The highest BCUT2D eigenvalue weighted by Gasteiger charge is 2.37. The predicted octanol–water partition coefficient (Wildman–Crippen LogP) is 1.50. The molecular weight excluding hydrogens is 278 g/mol. The maximum atomic E-state index is 12.0. The molecule has 1 aliphatic rings. The van der Waals surface area contributed by atoms with Crippen molar-refractivity contribution >= 4 is 23.3 Å². The van der Waals surface area contributed by atoms with Gasteiger partial charge in [0.2, 0.25) is 0 Å². The molecule has 7 heteroatoms. The first-order chi connectivity index (χ1) is 9.49. The molecule has 2 amide bonds. The number of thiazole rings is 1. The number of hydrogen-bond acceptors (Lipinski definition) is 4. The fraction of sp³-hybridized carbons (Fsp3) is 0.615. The van der Waals surface area contributed by atoms with Gasteiger partial charge in [-0.15, -0.1) is 11.3 Å². The van der Waals surface area contributed by atoms with E-state index in [0.717, 1.165) is 10.7 Å². The van der Waals surface area contributed by atoms with Crippen LogP contribution in [0.1, 0.15) is 24.0 Å². The average molecular weight is 297 g/mol. The molecule has 0 saturated carbocycles. The average Bonchev–Trinajstić information content (AvgIpc) is 2.95. The van der Waals surface area contributed by atoms with Crippen molar-refractivity contribution in [2.24, 2.45) is 5.92 Å². The zero-order chi connectivity index (χ0) is 14.7. The second-order valence-electron chi connectivity index (χ2n) is 5.03. The summed E-state index contributed by atoms with van der Waals surface area (Å²) in [6.07, 6.45) is 1.23. The van der Waals surface area contributed by atoms with E-state index >= 15 is 0 Å². The van der Waals surface area contributed by atoms with Gasteiger partial charge in [0.25, 0.3) is 0 Å². The summed E-state index contributed by atoms with van der Waals surface area (Å²) in [4.78, 5) is 29.0. The highest BCUT2D eigenvalue weighted by molar-refractivity contribution is 7.09. The molecule has 1 saturated heterocycles. The number of aryl methyl sites for hydroxylation is 1. The molecule has 0 aliphatic carbocycles. The van der Waals surface area contributed by atoms with Crippen molar-refractivity contribution in [1.82, 2.24) is 15.2 Å². The van der Waals surface area contributed by atoms with Gasteiger partial charge in [0.05, 0.1) is 10.9 Å². The van der Waals surface area contributed by atoms with Gasteiger partial charge >= 0.3 is 12.0 Å². The largest absolute Gasteiger partial charge is 0.481 e. The molecule has 1 fully saturated rings. The van der Waals surface area contributed by atoms with E-state index in [4.69, 9.17) is 5.11 Å². The third kappa shape index (κ3) is 3.27. The molecule has 0 spiro atoms. The molecule has 110 valence electrons. The fourth-order valence-electron chi connectivity index (χ4n) is 2.45. The summed E-state index contributed by atoms with van der Waals surface area (Å²) in [5, 5.41) is 14.9. The number of aromatic nitrogens is 1. The second kappa shape index (κ2) is 6.21. The first-order valence-corrected chi connectivity index (χ1v) is 7.55. The zero-order valence-corrected chi connectivity index (χ0v) is 12.4. The Morgan fingerprint density at radius 3 is 2.90 bits per heavy atom. The minimum atomic E-state index is -0.828. The van der Waals surface area contributed by atoms with Gasteiger partial charge in [0, 0.05) is 36.6 Å². The van der Waals surface area contributed by atoms with Crippen LogP contribution in [0.5, 0.6) is 0 Å². The van der Waals surface area contributed by atoms with E-state index < -0.39 is 11.9 Å². The second-order valence-corrected chi connectivity index (χ2v) is 5.97. The molecule has 6 nitrogen and oxygen atoms in total. The lowest BCUT2D eigenvalue weighted by Crippen LogP contribution is -2.44. The minimum Gasteiger partial charge on any atom is -0.481 e. The maximum absolute atomic E-state index is 12.0. The Hall–Kier alpha value is -1.63. The van der Waals surface area contributed by atoms with Crippen molar-refractivity contribution in [2.45, 2.75) is 32.7 Å². The minimum absolute atomic E-state index is 0.186. The first kappa shape index (κ1) is 14.8. The number of carboxylic acid groups (broad SMARTS) is 1. The fourth-order valence-corrected chi connectivity index (χ4v) is 3.23. The Morgan fingerprint density at radius 2 is 2.35 bits per heavy atom. The van der Waals surface area contributed by atoms with E-state index in [1.165, 1.54) is 0 Å². The van der Waals surface area contributed by atoms with Gasteiger partial charge in [-0.3, -0.25) is 4.79 Å². The van der Waals surface area contributed by atoms with Crippen LogP contribution in [0.2, 0.25) is 0 Å². The Balaban J connectivity index is 1.79. The van der Waals surface area contributed by atoms with E-state index in [-0.39, 0.29) is 12.1 Å². The van der Waals surface area contributed by atoms with Crippen LogP contribution in [0.3, 0.4) is 0 Å². The van der Waals surface area contributed by atoms with E-state index in [1.54, 1.807) is 23.2 Å². The number of carbonyl (C=O) groups is 2. The summed E-state index contributed by atoms with van der Waals surface area (Å²) in [5.74, 6) is -1.28. The lowest BCUT2D eigenvalue weighted by atomic mass is 10.0. The molecule has 1 aromatic rings. The first-order valence-electron chi connectivity index (χ1n) is 6.67. The van der Waals surface area contributed by atoms with Crippen LogP contribution in [0, 0.1) is 12.8 Å². The molecule has 1 aliphatic heterocycles. The quantitative estimate of drug-likeness (QED) is 0.882. The molecule has 20 heavy (non-hydrogen) atoms. The van der Waals surface area contributed by atoms with Gasteiger partial charge in [0.15, 0.2) is 0 Å². The predicted molar refractivity (Wildman–Crippen MR) is 75.9 cm³/mol. The lowest BCUT2D eigenvalue weighted by Gasteiger charge is -2.23. The Labute approximate surface area is 121 Å². The number of likely N-dealkylation sites (tertiary alicyclic amines) is 1. The van der Waals surface area contributed by atoms with Crippen LogP contribution in [0.25, 0.3) is 0 Å².